The number of carboxylic acids is 1. The maximum absolute atomic E-state index is 11.1. The van der Waals surface area contributed by atoms with Crippen molar-refractivity contribution in [2.45, 2.75) is 45.1 Å². The van der Waals surface area contributed by atoms with Crippen LogP contribution in [0, 0.1) is 5.92 Å². The molecule has 1 aliphatic rings. The summed E-state index contributed by atoms with van der Waals surface area (Å²) < 4.78 is 5.96. The summed E-state index contributed by atoms with van der Waals surface area (Å²) in [5.41, 5.74) is 1.15. The monoisotopic (exact) mass is 248 g/mol. The third-order valence-corrected chi connectivity index (χ3v) is 3.59. The van der Waals surface area contributed by atoms with Gasteiger partial charge in [-0.25, -0.2) is 0 Å². The highest BCUT2D eigenvalue weighted by molar-refractivity contribution is 5.71. The molecule has 0 spiro atoms. The molecule has 18 heavy (non-hydrogen) atoms. The second-order valence-electron chi connectivity index (χ2n) is 5.22. The lowest BCUT2D eigenvalue weighted by Gasteiger charge is -2.21. The van der Waals surface area contributed by atoms with Gasteiger partial charge in [0.1, 0.15) is 11.9 Å². The summed E-state index contributed by atoms with van der Waals surface area (Å²) in [5, 5.41) is 9.16. The molecule has 98 valence electrons. The molecule has 3 heteroatoms. The first-order valence-corrected chi connectivity index (χ1v) is 6.58. The normalized spacial score (nSPS) is 23.3. The van der Waals surface area contributed by atoms with E-state index >= 15 is 0 Å². The largest absolute Gasteiger partial charge is 0.489 e. The fourth-order valence-corrected chi connectivity index (χ4v) is 2.58. The van der Waals surface area contributed by atoms with Crippen LogP contribution in [0.3, 0.4) is 0 Å². The van der Waals surface area contributed by atoms with E-state index in [1.807, 2.05) is 24.3 Å². The molecule has 0 heterocycles. The SMILES string of the molecule is CC(C)c1ccccc1OC1CCCC1C(=O)O. The van der Waals surface area contributed by atoms with Gasteiger partial charge in [-0.3, -0.25) is 4.79 Å². The number of carbonyl (C=O) groups is 1. The predicted molar refractivity (Wildman–Crippen MR) is 69.9 cm³/mol. The zero-order chi connectivity index (χ0) is 13.1. The average Bonchev–Trinajstić information content (AvgIpc) is 2.77. The molecule has 1 aliphatic carbocycles. The zero-order valence-electron chi connectivity index (χ0n) is 10.9. The number of benzene rings is 1. The van der Waals surface area contributed by atoms with Crippen molar-refractivity contribution >= 4 is 5.97 Å². The number of rotatable bonds is 4. The van der Waals surface area contributed by atoms with E-state index in [0.717, 1.165) is 30.6 Å². The van der Waals surface area contributed by atoms with Crippen molar-refractivity contribution in [3.63, 3.8) is 0 Å². The summed E-state index contributed by atoms with van der Waals surface area (Å²) >= 11 is 0. The second kappa shape index (κ2) is 5.42. The molecular weight excluding hydrogens is 228 g/mol. The van der Waals surface area contributed by atoms with E-state index in [1.165, 1.54) is 0 Å². The summed E-state index contributed by atoms with van der Waals surface area (Å²) in [4.78, 5) is 11.1. The zero-order valence-corrected chi connectivity index (χ0v) is 10.9. The third kappa shape index (κ3) is 2.66. The van der Waals surface area contributed by atoms with Gasteiger partial charge in [0.05, 0.1) is 5.92 Å². The smallest absolute Gasteiger partial charge is 0.310 e. The molecule has 2 atom stereocenters. The van der Waals surface area contributed by atoms with Gasteiger partial charge in [0, 0.05) is 0 Å². The Labute approximate surface area is 108 Å². The molecule has 0 radical (unpaired) electrons. The van der Waals surface area contributed by atoms with Crippen molar-refractivity contribution in [3.8, 4) is 5.75 Å². The Balaban J connectivity index is 2.16. The number of hydrogen-bond acceptors (Lipinski definition) is 2. The van der Waals surface area contributed by atoms with Crippen molar-refractivity contribution in [1.82, 2.24) is 0 Å². The van der Waals surface area contributed by atoms with Crippen LogP contribution in [-0.2, 0) is 4.79 Å². The Morgan fingerprint density at radius 2 is 2.06 bits per heavy atom. The molecule has 1 saturated carbocycles. The van der Waals surface area contributed by atoms with Gasteiger partial charge < -0.3 is 9.84 Å². The van der Waals surface area contributed by atoms with Gasteiger partial charge in [-0.15, -0.1) is 0 Å². The van der Waals surface area contributed by atoms with Gasteiger partial charge in [-0.1, -0.05) is 32.0 Å². The van der Waals surface area contributed by atoms with Crippen molar-refractivity contribution in [2.75, 3.05) is 0 Å². The van der Waals surface area contributed by atoms with E-state index in [1.54, 1.807) is 0 Å². The van der Waals surface area contributed by atoms with Gasteiger partial charge in [-0.05, 0) is 36.8 Å². The van der Waals surface area contributed by atoms with E-state index in [2.05, 4.69) is 13.8 Å². The average molecular weight is 248 g/mol. The highest BCUT2D eigenvalue weighted by Gasteiger charge is 2.34. The molecule has 0 amide bonds. The first kappa shape index (κ1) is 12.9. The molecule has 2 rings (SSSR count). The molecule has 3 nitrogen and oxygen atoms in total. The quantitative estimate of drug-likeness (QED) is 0.887. The van der Waals surface area contributed by atoms with E-state index < -0.39 is 5.97 Å². The summed E-state index contributed by atoms with van der Waals surface area (Å²) in [6.45, 7) is 4.23. The topological polar surface area (TPSA) is 46.5 Å². The van der Waals surface area contributed by atoms with E-state index in [-0.39, 0.29) is 12.0 Å². The molecule has 2 unspecified atom stereocenters. The Morgan fingerprint density at radius 1 is 1.33 bits per heavy atom. The van der Waals surface area contributed by atoms with Gasteiger partial charge >= 0.3 is 5.97 Å². The van der Waals surface area contributed by atoms with E-state index in [0.29, 0.717) is 5.92 Å². The lowest BCUT2D eigenvalue weighted by Crippen LogP contribution is -2.28. The Kier molecular flexibility index (Phi) is 3.90. The Hall–Kier alpha value is -1.51. The first-order valence-electron chi connectivity index (χ1n) is 6.58. The number of hydrogen-bond donors (Lipinski definition) is 1. The van der Waals surface area contributed by atoms with Gasteiger partial charge in [0.25, 0.3) is 0 Å². The van der Waals surface area contributed by atoms with E-state index in [4.69, 9.17) is 9.84 Å². The van der Waals surface area contributed by atoms with Gasteiger partial charge in [0.15, 0.2) is 0 Å². The number of carboxylic acid groups (broad SMARTS) is 1. The minimum Gasteiger partial charge on any atom is -0.489 e. The van der Waals surface area contributed by atoms with Crippen molar-refractivity contribution < 1.29 is 14.6 Å². The van der Waals surface area contributed by atoms with Crippen LogP contribution in [0.2, 0.25) is 0 Å². The first-order chi connectivity index (χ1) is 8.59. The molecule has 0 saturated heterocycles. The van der Waals surface area contributed by atoms with Gasteiger partial charge in [-0.2, -0.15) is 0 Å². The molecule has 1 aromatic rings. The highest BCUT2D eigenvalue weighted by Crippen LogP contribution is 2.33. The van der Waals surface area contributed by atoms with Crippen LogP contribution in [0.4, 0.5) is 0 Å². The summed E-state index contributed by atoms with van der Waals surface area (Å²) in [7, 11) is 0. The molecule has 1 N–H and O–H groups in total. The molecule has 0 bridgehead atoms. The number of ether oxygens (including phenoxy) is 1. The van der Waals surface area contributed by atoms with Crippen molar-refractivity contribution in [1.29, 1.82) is 0 Å². The van der Waals surface area contributed by atoms with Crippen LogP contribution < -0.4 is 4.74 Å². The van der Waals surface area contributed by atoms with Crippen LogP contribution in [-0.4, -0.2) is 17.2 Å². The standard InChI is InChI=1S/C15H20O3/c1-10(2)11-6-3-4-8-13(11)18-14-9-5-7-12(14)15(16)17/h3-4,6,8,10,12,14H,5,7,9H2,1-2H3,(H,16,17). The van der Waals surface area contributed by atoms with Gasteiger partial charge in [0.2, 0.25) is 0 Å². The van der Waals surface area contributed by atoms with Crippen molar-refractivity contribution in [3.05, 3.63) is 29.8 Å². The van der Waals surface area contributed by atoms with Crippen LogP contribution in [0.15, 0.2) is 24.3 Å². The number of para-hydroxylation sites is 1. The minimum absolute atomic E-state index is 0.178. The van der Waals surface area contributed by atoms with Crippen LogP contribution in [0.1, 0.15) is 44.6 Å². The molecular formula is C15H20O3. The maximum atomic E-state index is 11.1. The lowest BCUT2D eigenvalue weighted by atomic mass is 10.0. The highest BCUT2D eigenvalue weighted by atomic mass is 16.5. The molecule has 1 fully saturated rings. The molecule has 0 aliphatic heterocycles. The second-order valence-corrected chi connectivity index (χ2v) is 5.22. The summed E-state index contributed by atoms with van der Waals surface area (Å²) in [6.07, 6.45) is 2.32. The van der Waals surface area contributed by atoms with Crippen LogP contribution in [0.5, 0.6) is 5.75 Å². The fraction of sp³-hybridized carbons (Fsp3) is 0.533. The Morgan fingerprint density at radius 3 is 2.72 bits per heavy atom. The Bertz CT molecular complexity index is 426. The molecule has 1 aromatic carbocycles. The maximum Gasteiger partial charge on any atom is 0.310 e. The summed E-state index contributed by atoms with van der Waals surface area (Å²) in [5.74, 6) is 0.126. The van der Waals surface area contributed by atoms with Crippen LogP contribution in [0.25, 0.3) is 0 Å². The van der Waals surface area contributed by atoms with Crippen LogP contribution >= 0.6 is 0 Å². The summed E-state index contributed by atoms with van der Waals surface area (Å²) in [6, 6.07) is 7.91. The van der Waals surface area contributed by atoms with E-state index in [9.17, 15) is 4.79 Å². The lowest BCUT2D eigenvalue weighted by molar-refractivity contribution is -0.144. The molecule has 0 aromatic heterocycles. The fourth-order valence-electron chi connectivity index (χ4n) is 2.58. The predicted octanol–water partition coefficient (Wildman–Crippen LogP) is 3.44. The third-order valence-electron chi connectivity index (χ3n) is 3.59. The number of aliphatic carboxylic acids is 1. The van der Waals surface area contributed by atoms with Crippen molar-refractivity contribution in [2.24, 2.45) is 5.92 Å². The minimum atomic E-state index is -0.737.